The fourth-order valence-electron chi connectivity index (χ4n) is 3.63. The lowest BCUT2D eigenvalue weighted by molar-refractivity contribution is -0.138. The van der Waals surface area contributed by atoms with E-state index in [0.717, 1.165) is 10.6 Å². The minimum atomic E-state index is -4.62. The van der Waals surface area contributed by atoms with E-state index in [0.29, 0.717) is 22.3 Å². The second-order valence-electron chi connectivity index (χ2n) is 7.65. The number of aromatic nitrogens is 4. The van der Waals surface area contributed by atoms with Crippen LogP contribution in [0.5, 0.6) is 0 Å². The first-order valence-corrected chi connectivity index (χ1v) is 10.1. The first-order chi connectivity index (χ1) is 15.6. The van der Waals surface area contributed by atoms with Crippen molar-refractivity contribution < 1.29 is 18.0 Å². The van der Waals surface area contributed by atoms with Gasteiger partial charge in [0.25, 0.3) is 5.56 Å². The van der Waals surface area contributed by atoms with E-state index in [1.165, 1.54) is 23.1 Å². The normalized spacial score (nSPS) is 11.7. The summed E-state index contributed by atoms with van der Waals surface area (Å²) in [5.74, 6) is -0.607. The number of halogens is 3. The third kappa shape index (κ3) is 4.64. The topological polar surface area (TPSA) is 81.8 Å². The third-order valence-electron chi connectivity index (χ3n) is 5.17. The second kappa shape index (κ2) is 8.53. The summed E-state index contributed by atoms with van der Waals surface area (Å²) < 4.78 is 43.7. The van der Waals surface area contributed by atoms with Crippen LogP contribution in [0.3, 0.4) is 0 Å². The summed E-state index contributed by atoms with van der Waals surface area (Å²) in [4.78, 5) is 29.0. The number of para-hydroxylation sites is 1. The summed E-state index contributed by atoms with van der Waals surface area (Å²) in [6, 6.07) is 12.3. The van der Waals surface area contributed by atoms with Gasteiger partial charge in [-0.3, -0.25) is 14.2 Å². The molecule has 0 radical (unpaired) electrons. The molecule has 4 aromatic rings. The van der Waals surface area contributed by atoms with Gasteiger partial charge in [0.15, 0.2) is 0 Å². The quantitative estimate of drug-likeness (QED) is 0.499. The molecular formula is C23H20F3N5O2. The van der Waals surface area contributed by atoms with Gasteiger partial charge in [-0.1, -0.05) is 18.2 Å². The number of amides is 1. The summed E-state index contributed by atoms with van der Waals surface area (Å²) in [6.07, 6.45) is -3.38. The van der Waals surface area contributed by atoms with Crippen molar-refractivity contribution in [3.8, 4) is 5.69 Å². The molecule has 0 aliphatic heterocycles. The number of hydrogen-bond acceptors (Lipinski definition) is 4. The van der Waals surface area contributed by atoms with E-state index >= 15 is 0 Å². The summed E-state index contributed by atoms with van der Waals surface area (Å²) in [6.45, 7) is 2.81. The lowest BCUT2D eigenvalue weighted by Gasteiger charge is -2.16. The van der Waals surface area contributed by atoms with Crippen LogP contribution in [-0.4, -0.2) is 25.2 Å². The van der Waals surface area contributed by atoms with Gasteiger partial charge in [-0.2, -0.15) is 18.3 Å². The van der Waals surface area contributed by atoms with Crippen molar-refractivity contribution in [2.45, 2.75) is 33.1 Å². The molecule has 10 heteroatoms. The third-order valence-corrected chi connectivity index (χ3v) is 5.17. The monoisotopic (exact) mass is 455 g/mol. The van der Waals surface area contributed by atoms with Gasteiger partial charge in [0.05, 0.1) is 34.2 Å². The number of hydrogen-bond donors (Lipinski definition) is 1. The van der Waals surface area contributed by atoms with Crippen molar-refractivity contribution in [2.75, 3.05) is 0 Å². The van der Waals surface area contributed by atoms with Crippen LogP contribution < -0.4 is 10.9 Å². The molecule has 33 heavy (non-hydrogen) atoms. The van der Waals surface area contributed by atoms with Crippen molar-refractivity contribution in [1.29, 1.82) is 0 Å². The zero-order chi connectivity index (χ0) is 23.8. The first-order valence-electron chi connectivity index (χ1n) is 10.1. The van der Waals surface area contributed by atoms with Crippen LogP contribution in [0, 0.1) is 13.8 Å². The minimum Gasteiger partial charge on any atom is -0.350 e. The molecule has 0 spiro atoms. The molecule has 1 N–H and O–H groups in total. The average Bonchev–Trinajstić information content (AvgIpc) is 3.11. The highest BCUT2D eigenvalue weighted by atomic mass is 19.4. The summed E-state index contributed by atoms with van der Waals surface area (Å²) in [5, 5.41) is 7.04. The summed E-state index contributed by atoms with van der Waals surface area (Å²) >= 11 is 0. The lowest BCUT2D eigenvalue weighted by atomic mass is 10.1. The molecule has 170 valence electrons. The van der Waals surface area contributed by atoms with Crippen LogP contribution in [0.2, 0.25) is 0 Å². The molecule has 0 bridgehead atoms. The fraction of sp³-hybridized carbons (Fsp3) is 0.217. The molecule has 1 amide bonds. The standard InChI is InChI=1S/C23H20F3N5O2/c1-14-9-15(2)31(29-14)17-8-7-16(19(10-17)23(24,25)26)11-27-21(32)12-30-13-28-20-6-4-3-5-18(20)22(30)33/h3-10,13H,11-12H2,1-2H3,(H,27,32). The average molecular weight is 455 g/mol. The largest absolute Gasteiger partial charge is 0.416 e. The highest BCUT2D eigenvalue weighted by Crippen LogP contribution is 2.33. The van der Waals surface area contributed by atoms with Crippen molar-refractivity contribution in [3.05, 3.63) is 87.7 Å². The molecule has 0 unspecified atom stereocenters. The number of rotatable bonds is 5. The number of fused-ring (bicyclic) bond motifs is 1. The maximum atomic E-state index is 13.7. The number of aryl methyl sites for hydroxylation is 2. The van der Waals surface area contributed by atoms with Gasteiger partial charge in [-0.25, -0.2) is 9.67 Å². The fourth-order valence-corrected chi connectivity index (χ4v) is 3.63. The van der Waals surface area contributed by atoms with Crippen LogP contribution in [0.1, 0.15) is 22.5 Å². The van der Waals surface area contributed by atoms with E-state index < -0.39 is 23.2 Å². The van der Waals surface area contributed by atoms with E-state index in [4.69, 9.17) is 0 Å². The molecule has 2 aromatic heterocycles. The van der Waals surface area contributed by atoms with Crippen LogP contribution in [0.25, 0.3) is 16.6 Å². The Morgan fingerprint density at radius 1 is 1.09 bits per heavy atom. The van der Waals surface area contributed by atoms with Gasteiger partial charge < -0.3 is 5.32 Å². The summed E-state index contributed by atoms with van der Waals surface area (Å²) in [7, 11) is 0. The number of carbonyl (C=O) groups is 1. The molecule has 2 aromatic carbocycles. The van der Waals surface area contributed by atoms with Gasteiger partial charge >= 0.3 is 6.18 Å². The molecule has 0 aliphatic carbocycles. The van der Waals surface area contributed by atoms with E-state index in [-0.39, 0.29) is 24.3 Å². The highest BCUT2D eigenvalue weighted by Gasteiger charge is 2.34. The van der Waals surface area contributed by atoms with E-state index in [1.54, 1.807) is 44.2 Å². The van der Waals surface area contributed by atoms with Crippen LogP contribution in [0.4, 0.5) is 13.2 Å². The Kier molecular flexibility index (Phi) is 5.75. The van der Waals surface area contributed by atoms with Gasteiger partial charge in [-0.15, -0.1) is 0 Å². The molecule has 2 heterocycles. The predicted molar refractivity (Wildman–Crippen MR) is 116 cm³/mol. The Bertz CT molecular complexity index is 1410. The molecule has 7 nitrogen and oxygen atoms in total. The zero-order valence-electron chi connectivity index (χ0n) is 17.8. The minimum absolute atomic E-state index is 0.0925. The van der Waals surface area contributed by atoms with Crippen molar-refractivity contribution in [3.63, 3.8) is 0 Å². The van der Waals surface area contributed by atoms with Gasteiger partial charge in [0, 0.05) is 12.2 Å². The van der Waals surface area contributed by atoms with E-state index in [1.807, 2.05) is 0 Å². The SMILES string of the molecule is Cc1cc(C)n(-c2ccc(CNC(=O)Cn3cnc4ccccc4c3=O)c(C(F)(F)F)c2)n1. The molecule has 0 atom stereocenters. The van der Waals surface area contributed by atoms with E-state index in [2.05, 4.69) is 15.4 Å². The van der Waals surface area contributed by atoms with Gasteiger partial charge in [0.1, 0.15) is 6.54 Å². The van der Waals surface area contributed by atoms with Crippen molar-refractivity contribution >= 4 is 16.8 Å². The number of alkyl halides is 3. The molecule has 4 rings (SSSR count). The Labute approximate surface area is 186 Å². The smallest absolute Gasteiger partial charge is 0.350 e. The molecule has 0 saturated heterocycles. The van der Waals surface area contributed by atoms with Gasteiger partial charge in [0.2, 0.25) is 5.91 Å². The second-order valence-corrected chi connectivity index (χ2v) is 7.65. The summed E-state index contributed by atoms with van der Waals surface area (Å²) in [5.41, 5.74) is 0.809. The number of nitrogens with one attached hydrogen (secondary N) is 1. The number of nitrogens with zero attached hydrogens (tertiary/aromatic N) is 4. The number of carbonyl (C=O) groups excluding carboxylic acids is 1. The van der Waals surface area contributed by atoms with Crippen LogP contribution in [-0.2, 0) is 24.1 Å². The predicted octanol–water partition coefficient (Wildman–Crippen LogP) is 3.53. The van der Waals surface area contributed by atoms with E-state index in [9.17, 15) is 22.8 Å². The maximum Gasteiger partial charge on any atom is 0.416 e. The molecule has 0 aliphatic rings. The Morgan fingerprint density at radius 3 is 2.55 bits per heavy atom. The Morgan fingerprint density at radius 2 is 1.85 bits per heavy atom. The van der Waals surface area contributed by atoms with Crippen molar-refractivity contribution in [2.24, 2.45) is 0 Å². The Hall–Kier alpha value is -3.95. The lowest BCUT2D eigenvalue weighted by Crippen LogP contribution is -2.32. The molecule has 0 saturated carbocycles. The maximum absolute atomic E-state index is 13.7. The van der Waals surface area contributed by atoms with Crippen LogP contribution in [0.15, 0.2) is 59.7 Å². The molecular weight excluding hydrogens is 435 g/mol. The van der Waals surface area contributed by atoms with Crippen molar-refractivity contribution in [1.82, 2.24) is 24.6 Å². The zero-order valence-corrected chi connectivity index (χ0v) is 17.8. The highest BCUT2D eigenvalue weighted by molar-refractivity contribution is 5.78. The Balaban J connectivity index is 1.54. The van der Waals surface area contributed by atoms with Crippen LogP contribution >= 0.6 is 0 Å². The molecule has 0 fully saturated rings. The first kappa shape index (κ1) is 22.3. The number of benzene rings is 2. The van der Waals surface area contributed by atoms with Gasteiger partial charge in [-0.05, 0) is 49.7 Å².